The topological polar surface area (TPSA) is 59.0 Å². The lowest BCUT2D eigenvalue weighted by atomic mass is 9.88. The molecule has 2 N–H and O–H groups in total. The van der Waals surface area contributed by atoms with E-state index in [1.807, 2.05) is 27.1 Å². The molecule has 0 saturated carbocycles. The number of hydrogen-bond acceptors (Lipinski definition) is 3. The second kappa shape index (κ2) is 8.80. The Morgan fingerprint density at radius 3 is 2.67 bits per heavy atom. The maximum Gasteiger partial charge on any atom is 0.225 e. The van der Waals surface area contributed by atoms with E-state index in [9.17, 15) is 13.6 Å². The molecule has 0 spiro atoms. The fourth-order valence-electron chi connectivity index (χ4n) is 3.55. The molecule has 8 heteroatoms. The van der Waals surface area contributed by atoms with Crippen LogP contribution >= 0.6 is 12.4 Å². The predicted molar refractivity (Wildman–Crippen MR) is 102 cm³/mol. The minimum atomic E-state index is -0.641. The summed E-state index contributed by atoms with van der Waals surface area (Å²) in [6.45, 7) is 5.06. The average Bonchev–Trinajstić information content (AvgIpc) is 3.21. The maximum absolute atomic E-state index is 14.2. The van der Waals surface area contributed by atoms with E-state index in [1.54, 1.807) is 10.9 Å². The van der Waals surface area contributed by atoms with Crippen LogP contribution in [0, 0.1) is 23.5 Å². The summed E-state index contributed by atoms with van der Waals surface area (Å²) < 4.78 is 29.2. The van der Waals surface area contributed by atoms with Crippen LogP contribution < -0.4 is 10.6 Å². The number of aromatic nitrogens is 2. The number of carbonyl (C=O) groups is 1. The molecule has 0 radical (unpaired) electrons. The number of amides is 1. The summed E-state index contributed by atoms with van der Waals surface area (Å²) in [4.78, 5) is 12.9. The van der Waals surface area contributed by atoms with Crippen molar-refractivity contribution in [1.82, 2.24) is 20.4 Å². The fraction of sp³-hybridized carbons (Fsp3) is 0.474. The molecule has 3 atom stereocenters. The van der Waals surface area contributed by atoms with Crippen LogP contribution in [0.4, 0.5) is 8.78 Å². The lowest BCUT2D eigenvalue weighted by molar-refractivity contribution is -0.126. The number of halogens is 3. The van der Waals surface area contributed by atoms with Crippen molar-refractivity contribution in [1.29, 1.82) is 0 Å². The predicted octanol–water partition coefficient (Wildman–Crippen LogP) is 2.94. The monoisotopic (exact) mass is 398 g/mol. The van der Waals surface area contributed by atoms with Crippen molar-refractivity contribution in [3.63, 3.8) is 0 Å². The van der Waals surface area contributed by atoms with Gasteiger partial charge in [-0.2, -0.15) is 5.10 Å². The van der Waals surface area contributed by atoms with E-state index >= 15 is 0 Å². The highest BCUT2D eigenvalue weighted by Crippen LogP contribution is 2.30. The van der Waals surface area contributed by atoms with Gasteiger partial charge in [0.05, 0.1) is 18.2 Å². The Morgan fingerprint density at radius 1 is 1.33 bits per heavy atom. The number of nitrogens with one attached hydrogen (secondary N) is 2. The van der Waals surface area contributed by atoms with Gasteiger partial charge in [-0.25, -0.2) is 8.78 Å². The normalized spacial score (nSPS) is 20.4. The molecule has 5 nitrogen and oxygen atoms in total. The minimum absolute atomic E-state index is 0. The molecule has 1 aliphatic heterocycles. The highest BCUT2D eigenvalue weighted by atomic mass is 35.5. The summed E-state index contributed by atoms with van der Waals surface area (Å²) >= 11 is 0. The van der Waals surface area contributed by atoms with Crippen LogP contribution in [0.2, 0.25) is 0 Å². The van der Waals surface area contributed by atoms with Crippen LogP contribution in [-0.4, -0.2) is 28.8 Å². The first-order valence-corrected chi connectivity index (χ1v) is 8.81. The molecule has 0 bridgehead atoms. The quantitative estimate of drug-likeness (QED) is 0.814. The van der Waals surface area contributed by atoms with Crippen LogP contribution in [0.25, 0.3) is 0 Å². The van der Waals surface area contributed by atoms with E-state index in [1.165, 1.54) is 12.1 Å². The van der Waals surface area contributed by atoms with E-state index < -0.39 is 17.7 Å². The molecule has 148 valence electrons. The van der Waals surface area contributed by atoms with Crippen LogP contribution in [0.1, 0.15) is 36.9 Å². The maximum atomic E-state index is 14.2. The first kappa shape index (κ1) is 21.3. The Morgan fingerprint density at radius 2 is 2.07 bits per heavy atom. The highest BCUT2D eigenvalue weighted by molar-refractivity contribution is 5.85. The third-order valence-electron chi connectivity index (χ3n) is 4.97. The number of carbonyl (C=O) groups excluding carboxylic acids is 1. The Hall–Kier alpha value is -1.99. The Bertz CT molecular complexity index is 796. The molecule has 2 aromatic rings. The van der Waals surface area contributed by atoms with Gasteiger partial charge in [0.15, 0.2) is 0 Å². The second-order valence-electron chi connectivity index (χ2n) is 7.21. The zero-order valence-corrected chi connectivity index (χ0v) is 16.4. The van der Waals surface area contributed by atoms with Gasteiger partial charge in [0, 0.05) is 43.9 Å². The van der Waals surface area contributed by atoms with E-state index in [-0.39, 0.29) is 36.1 Å². The Labute approximate surface area is 163 Å². The van der Waals surface area contributed by atoms with Crippen molar-refractivity contribution in [2.24, 2.45) is 18.9 Å². The molecule has 1 fully saturated rings. The molecule has 1 saturated heterocycles. The zero-order chi connectivity index (χ0) is 18.8. The molecule has 2 heterocycles. The highest BCUT2D eigenvalue weighted by Gasteiger charge is 2.36. The van der Waals surface area contributed by atoms with Gasteiger partial charge < -0.3 is 10.6 Å². The van der Waals surface area contributed by atoms with Crippen molar-refractivity contribution < 1.29 is 13.6 Å². The van der Waals surface area contributed by atoms with Crippen LogP contribution in [0.3, 0.4) is 0 Å². The molecular formula is C19H25ClF2N4O. The van der Waals surface area contributed by atoms with Crippen molar-refractivity contribution in [2.75, 3.05) is 13.1 Å². The number of nitrogens with zero attached hydrogens (tertiary/aromatic N) is 2. The SMILES string of the molecule is CC(C)C(NC(=O)[C@H]1CNC[C@@H]1c1cnn(C)c1)c1ccc(F)cc1F.Cl. The summed E-state index contributed by atoms with van der Waals surface area (Å²) in [6.07, 6.45) is 3.69. The van der Waals surface area contributed by atoms with Crippen molar-refractivity contribution in [3.05, 3.63) is 53.4 Å². The zero-order valence-electron chi connectivity index (χ0n) is 15.6. The summed E-state index contributed by atoms with van der Waals surface area (Å²) in [5.41, 5.74) is 1.31. The lowest BCUT2D eigenvalue weighted by Gasteiger charge is -2.26. The van der Waals surface area contributed by atoms with Gasteiger partial charge in [-0.1, -0.05) is 19.9 Å². The first-order valence-electron chi connectivity index (χ1n) is 8.81. The summed E-state index contributed by atoms with van der Waals surface area (Å²) in [5, 5.41) is 10.4. The first-order chi connectivity index (χ1) is 12.4. The molecule has 1 amide bonds. The average molecular weight is 399 g/mol. The number of aryl methyl sites for hydroxylation is 1. The summed E-state index contributed by atoms with van der Waals surface area (Å²) in [5.74, 6) is -1.68. The number of benzene rings is 1. The molecule has 27 heavy (non-hydrogen) atoms. The molecule has 1 aromatic heterocycles. The molecule has 1 aromatic carbocycles. The number of rotatable bonds is 5. The third-order valence-corrected chi connectivity index (χ3v) is 4.97. The van der Waals surface area contributed by atoms with Gasteiger partial charge in [0.2, 0.25) is 5.91 Å². The van der Waals surface area contributed by atoms with Crippen LogP contribution in [0.5, 0.6) is 0 Å². The van der Waals surface area contributed by atoms with Gasteiger partial charge >= 0.3 is 0 Å². The fourth-order valence-corrected chi connectivity index (χ4v) is 3.55. The molecule has 3 rings (SSSR count). The molecule has 1 unspecified atom stereocenters. The van der Waals surface area contributed by atoms with Gasteiger partial charge in [0.1, 0.15) is 11.6 Å². The smallest absolute Gasteiger partial charge is 0.225 e. The van der Waals surface area contributed by atoms with E-state index in [4.69, 9.17) is 0 Å². The second-order valence-corrected chi connectivity index (χ2v) is 7.21. The van der Waals surface area contributed by atoms with Crippen molar-refractivity contribution >= 4 is 18.3 Å². The van der Waals surface area contributed by atoms with E-state index in [2.05, 4.69) is 15.7 Å². The third kappa shape index (κ3) is 4.65. The Balaban J connectivity index is 0.00000261. The van der Waals surface area contributed by atoms with Crippen LogP contribution in [0.15, 0.2) is 30.6 Å². The Kier molecular flexibility index (Phi) is 6.95. The summed E-state index contributed by atoms with van der Waals surface area (Å²) in [6, 6.07) is 2.96. The van der Waals surface area contributed by atoms with Crippen molar-refractivity contribution in [2.45, 2.75) is 25.8 Å². The standard InChI is InChI=1S/C19H24F2N4O.ClH/c1-11(2)18(14-5-4-13(20)6-17(14)21)24-19(26)16-9-22-8-15(16)12-7-23-25(3)10-12;/h4-7,10-11,15-16,18,22H,8-9H2,1-3H3,(H,24,26);1H/t15-,16+,18?;/m1./s1. The molecule has 1 aliphatic rings. The van der Waals surface area contributed by atoms with E-state index in [0.717, 1.165) is 11.6 Å². The van der Waals surface area contributed by atoms with Crippen LogP contribution in [-0.2, 0) is 11.8 Å². The molecule has 0 aliphatic carbocycles. The molecular weight excluding hydrogens is 374 g/mol. The number of hydrogen-bond donors (Lipinski definition) is 2. The summed E-state index contributed by atoms with van der Waals surface area (Å²) in [7, 11) is 1.84. The lowest BCUT2D eigenvalue weighted by Crippen LogP contribution is -2.39. The van der Waals surface area contributed by atoms with Crippen molar-refractivity contribution in [3.8, 4) is 0 Å². The van der Waals surface area contributed by atoms with Gasteiger partial charge in [-0.15, -0.1) is 12.4 Å². The van der Waals surface area contributed by atoms with Gasteiger partial charge in [-0.05, 0) is 17.5 Å². The van der Waals surface area contributed by atoms with E-state index in [0.29, 0.717) is 18.7 Å². The largest absolute Gasteiger partial charge is 0.349 e. The minimum Gasteiger partial charge on any atom is -0.349 e. The van der Waals surface area contributed by atoms with Gasteiger partial charge in [-0.3, -0.25) is 9.48 Å². The van der Waals surface area contributed by atoms with Gasteiger partial charge in [0.25, 0.3) is 0 Å².